The Morgan fingerprint density at radius 3 is 2.23 bits per heavy atom. The van der Waals surface area contributed by atoms with E-state index in [9.17, 15) is 0 Å². The zero-order valence-electron chi connectivity index (χ0n) is 8.86. The van der Waals surface area contributed by atoms with Gasteiger partial charge < -0.3 is 0 Å². The molecule has 0 aromatic rings. The Kier molecular flexibility index (Phi) is 4.80. The van der Waals surface area contributed by atoms with Crippen LogP contribution in [-0.4, -0.2) is 0 Å². The number of hydrogen-bond donors (Lipinski definition) is 0. The zero-order valence-corrected chi connectivity index (χ0v) is 8.86. The molecule has 68 valence electrons. The monoisotopic (exact) mass is 172 g/mol. The van der Waals surface area contributed by atoms with Gasteiger partial charge in [-0.1, -0.05) is 33.6 Å². The van der Waals surface area contributed by atoms with Crippen molar-refractivity contribution >= 4 is 0 Å². The molecule has 0 nitrogen and oxygen atoms in total. The molecule has 0 aliphatic heterocycles. The molecular weight excluding hydrogens is 156 g/mol. The van der Waals surface area contributed by atoms with E-state index in [-0.39, 0.29) is 0 Å². The molecule has 0 aliphatic carbocycles. The largest absolute Gasteiger partial charge is 0.106 e. The molecule has 0 heteroatoms. The van der Waals surface area contributed by atoms with Crippen LogP contribution in [0.3, 0.4) is 0 Å². The van der Waals surface area contributed by atoms with Crippen molar-refractivity contribution < 1.29 is 0 Å². The number of terminal acetylenes is 1. The summed E-state index contributed by atoms with van der Waals surface area (Å²) >= 11 is 0. The minimum Gasteiger partial charge on any atom is -0.106 e. The maximum absolute atomic E-state index is 4.96. The molecule has 13 heavy (non-hydrogen) atoms. The maximum atomic E-state index is 4.96. The molecule has 0 rings (SSSR count). The summed E-state index contributed by atoms with van der Waals surface area (Å²) in [7, 11) is 0. The van der Waals surface area contributed by atoms with Crippen molar-refractivity contribution in [2.75, 3.05) is 0 Å². The fraction of sp³-hybridized carbons (Fsp3) is 0.538. The summed E-state index contributed by atoms with van der Waals surface area (Å²) in [5.74, 6) is 13.5. The third-order valence-electron chi connectivity index (χ3n) is 1.43. The van der Waals surface area contributed by atoms with Gasteiger partial charge in [0, 0.05) is 5.92 Å². The molecule has 0 aromatic carbocycles. The normalized spacial score (nSPS) is 11.3. The van der Waals surface area contributed by atoms with Crippen molar-refractivity contribution in [2.24, 2.45) is 11.3 Å². The van der Waals surface area contributed by atoms with Gasteiger partial charge in [-0.2, -0.15) is 0 Å². The third-order valence-corrected chi connectivity index (χ3v) is 1.43. The summed E-state index contributed by atoms with van der Waals surface area (Å²) in [6, 6.07) is 0. The molecule has 0 bridgehead atoms. The van der Waals surface area contributed by atoms with Crippen LogP contribution in [0.5, 0.6) is 0 Å². The van der Waals surface area contributed by atoms with Gasteiger partial charge in [-0.05, 0) is 35.5 Å². The fourth-order valence-electron chi connectivity index (χ4n) is 1.20. The lowest BCUT2D eigenvalue weighted by Crippen LogP contribution is -2.09. The van der Waals surface area contributed by atoms with Gasteiger partial charge in [0.15, 0.2) is 0 Å². The lowest BCUT2D eigenvalue weighted by atomic mass is 9.86. The molecule has 1 unspecified atom stereocenters. The summed E-state index contributed by atoms with van der Waals surface area (Å²) in [5.41, 5.74) is 0.327. The fourth-order valence-corrected chi connectivity index (χ4v) is 1.20. The molecule has 0 spiro atoms. The van der Waals surface area contributed by atoms with Crippen molar-refractivity contribution in [3.05, 3.63) is 0 Å². The summed E-state index contributed by atoms with van der Waals surface area (Å²) < 4.78 is 0. The molecule has 0 saturated heterocycles. The standard InChI is InChI=1S/C13H16/c1-6-7-8-9-10-12(2)11-13(3,4)5/h1,12H,11H2,2-5H3. The third kappa shape index (κ3) is 8.59. The Balaban J connectivity index is 4.07. The van der Waals surface area contributed by atoms with Gasteiger partial charge in [-0.15, -0.1) is 6.42 Å². The van der Waals surface area contributed by atoms with Crippen LogP contribution in [0.15, 0.2) is 0 Å². The summed E-state index contributed by atoms with van der Waals surface area (Å²) in [6.45, 7) is 8.73. The van der Waals surface area contributed by atoms with Crippen LogP contribution in [0.4, 0.5) is 0 Å². The first-order valence-electron chi connectivity index (χ1n) is 4.42. The molecular formula is C13H16. The Morgan fingerprint density at radius 1 is 1.15 bits per heavy atom. The van der Waals surface area contributed by atoms with E-state index in [1.165, 1.54) is 0 Å². The van der Waals surface area contributed by atoms with Crippen molar-refractivity contribution in [3.63, 3.8) is 0 Å². The maximum Gasteiger partial charge on any atom is 0.0189 e. The van der Waals surface area contributed by atoms with Crippen LogP contribution in [0.1, 0.15) is 34.1 Å². The van der Waals surface area contributed by atoms with E-state index in [0.717, 1.165) is 6.42 Å². The first kappa shape index (κ1) is 11.7. The van der Waals surface area contributed by atoms with E-state index in [0.29, 0.717) is 11.3 Å². The van der Waals surface area contributed by atoms with Crippen LogP contribution < -0.4 is 0 Å². The first-order chi connectivity index (χ1) is 5.95. The molecule has 1 atom stereocenters. The number of rotatable bonds is 1. The lowest BCUT2D eigenvalue weighted by Gasteiger charge is -2.19. The van der Waals surface area contributed by atoms with Crippen molar-refractivity contribution in [3.8, 4) is 36.0 Å². The zero-order chi connectivity index (χ0) is 10.3. The molecule has 0 aromatic heterocycles. The first-order valence-corrected chi connectivity index (χ1v) is 4.42. The van der Waals surface area contributed by atoms with Crippen molar-refractivity contribution in [2.45, 2.75) is 34.1 Å². The summed E-state index contributed by atoms with van der Waals surface area (Å²) in [6.07, 6.45) is 6.04. The lowest BCUT2D eigenvalue weighted by molar-refractivity contribution is 0.342. The van der Waals surface area contributed by atoms with Crippen molar-refractivity contribution in [1.82, 2.24) is 0 Å². The van der Waals surface area contributed by atoms with Crippen LogP contribution in [0, 0.1) is 47.4 Å². The highest BCUT2D eigenvalue weighted by Gasteiger charge is 2.12. The Bertz CT molecular complexity index is 298. The minimum absolute atomic E-state index is 0.327. The second kappa shape index (κ2) is 5.35. The van der Waals surface area contributed by atoms with E-state index in [4.69, 9.17) is 6.42 Å². The van der Waals surface area contributed by atoms with Crippen LogP contribution in [0.25, 0.3) is 0 Å². The minimum atomic E-state index is 0.327. The quantitative estimate of drug-likeness (QED) is 0.533. The van der Waals surface area contributed by atoms with E-state index >= 15 is 0 Å². The van der Waals surface area contributed by atoms with E-state index in [1.807, 2.05) is 0 Å². The highest BCUT2D eigenvalue weighted by atomic mass is 14.2. The average molecular weight is 172 g/mol. The highest BCUT2D eigenvalue weighted by Crippen LogP contribution is 2.23. The van der Waals surface area contributed by atoms with Crippen LogP contribution in [-0.2, 0) is 0 Å². The second-order valence-corrected chi connectivity index (χ2v) is 4.33. The predicted molar refractivity (Wildman–Crippen MR) is 57.6 cm³/mol. The Labute approximate surface area is 82.1 Å². The smallest absolute Gasteiger partial charge is 0.0189 e. The van der Waals surface area contributed by atoms with Gasteiger partial charge in [0.05, 0.1) is 0 Å². The van der Waals surface area contributed by atoms with Gasteiger partial charge >= 0.3 is 0 Å². The Hall–Kier alpha value is -1.32. The topological polar surface area (TPSA) is 0 Å². The highest BCUT2D eigenvalue weighted by molar-refractivity contribution is 5.34. The predicted octanol–water partition coefficient (Wildman–Crippen LogP) is 2.70. The molecule has 0 heterocycles. The summed E-state index contributed by atoms with van der Waals surface area (Å²) in [5, 5.41) is 0. The molecule has 0 fully saturated rings. The average Bonchev–Trinajstić information content (AvgIpc) is 1.94. The van der Waals surface area contributed by atoms with Crippen LogP contribution in [0.2, 0.25) is 0 Å². The summed E-state index contributed by atoms with van der Waals surface area (Å²) in [4.78, 5) is 0. The van der Waals surface area contributed by atoms with Gasteiger partial charge in [-0.3, -0.25) is 0 Å². The number of hydrogen-bond acceptors (Lipinski definition) is 0. The molecule has 0 radical (unpaired) electrons. The second-order valence-electron chi connectivity index (χ2n) is 4.33. The van der Waals surface area contributed by atoms with E-state index in [1.54, 1.807) is 0 Å². The SMILES string of the molecule is C#CC#CC#CC(C)CC(C)(C)C. The van der Waals surface area contributed by atoms with Gasteiger partial charge in [0.1, 0.15) is 0 Å². The molecule has 0 aliphatic rings. The van der Waals surface area contributed by atoms with Gasteiger partial charge in [0.2, 0.25) is 0 Å². The van der Waals surface area contributed by atoms with Crippen LogP contribution >= 0.6 is 0 Å². The molecule has 0 saturated carbocycles. The Morgan fingerprint density at radius 2 is 1.77 bits per heavy atom. The van der Waals surface area contributed by atoms with Crippen molar-refractivity contribution in [1.29, 1.82) is 0 Å². The molecule has 0 N–H and O–H groups in total. The van der Waals surface area contributed by atoms with Gasteiger partial charge in [-0.25, -0.2) is 0 Å². The van der Waals surface area contributed by atoms with E-state index < -0.39 is 0 Å². The van der Waals surface area contributed by atoms with E-state index in [2.05, 4.69) is 57.3 Å². The van der Waals surface area contributed by atoms with Gasteiger partial charge in [0.25, 0.3) is 0 Å². The molecule has 0 amide bonds.